The van der Waals surface area contributed by atoms with Crippen LogP contribution in [0.15, 0.2) is 77.0 Å². The highest BCUT2D eigenvalue weighted by atomic mass is 16.5. The Morgan fingerprint density at radius 1 is 0.750 bits per heavy atom. The van der Waals surface area contributed by atoms with E-state index >= 15 is 0 Å². The number of hydrogen-bond acceptors (Lipinski definition) is 3. The zero-order chi connectivity index (χ0) is 13.4. The normalized spacial score (nSPS) is 13.6. The van der Waals surface area contributed by atoms with Gasteiger partial charge in [0.25, 0.3) is 0 Å². The maximum Gasteiger partial charge on any atom is 0.323 e. The van der Waals surface area contributed by atoms with Crippen molar-refractivity contribution in [3.05, 3.63) is 66.7 Å². The molecular weight excluding hydrogens is 248 g/mol. The molecule has 0 aromatic heterocycles. The summed E-state index contributed by atoms with van der Waals surface area (Å²) in [5, 5.41) is 9.95. The maximum atomic E-state index is 5.47. The van der Waals surface area contributed by atoms with Crippen LogP contribution in [0.1, 0.15) is 0 Å². The van der Waals surface area contributed by atoms with E-state index in [9.17, 15) is 0 Å². The Labute approximate surface area is 116 Å². The molecule has 4 rings (SSSR count). The van der Waals surface area contributed by atoms with E-state index in [1.807, 2.05) is 12.1 Å². The molecule has 0 radical (unpaired) electrons. The summed E-state index contributed by atoms with van der Waals surface area (Å²) in [6.45, 7) is 0. The Hall–Kier alpha value is -2.68. The smallest absolute Gasteiger partial charge is 0.323 e. The standard InChI is InChI=1S/C17H12N2O/c1-2-6-15-12(4-1)5-3-7-16(15)13-8-10-14(11-9-13)20-17-18-19-17/h1-11,17H. The summed E-state index contributed by atoms with van der Waals surface area (Å²) in [6, 6.07) is 22.8. The molecule has 0 spiro atoms. The van der Waals surface area contributed by atoms with Crippen LogP contribution in [0.2, 0.25) is 0 Å². The largest absolute Gasteiger partial charge is 0.447 e. The van der Waals surface area contributed by atoms with E-state index in [0.717, 1.165) is 5.75 Å². The second kappa shape index (κ2) is 4.46. The fraction of sp³-hybridized carbons (Fsp3) is 0.0588. The first-order valence-corrected chi connectivity index (χ1v) is 6.55. The molecule has 0 atom stereocenters. The minimum Gasteiger partial charge on any atom is -0.447 e. The highest BCUT2D eigenvalue weighted by Gasteiger charge is 2.16. The van der Waals surface area contributed by atoms with Gasteiger partial charge in [0.05, 0.1) is 0 Å². The van der Waals surface area contributed by atoms with Crippen LogP contribution in [0.25, 0.3) is 21.9 Å². The molecule has 0 aliphatic carbocycles. The van der Waals surface area contributed by atoms with Crippen molar-refractivity contribution in [3.63, 3.8) is 0 Å². The summed E-state index contributed by atoms with van der Waals surface area (Å²) >= 11 is 0. The van der Waals surface area contributed by atoms with Gasteiger partial charge in [-0.1, -0.05) is 54.6 Å². The molecule has 3 aromatic carbocycles. The third-order valence-electron chi connectivity index (χ3n) is 3.41. The molecule has 3 nitrogen and oxygen atoms in total. The van der Waals surface area contributed by atoms with Gasteiger partial charge in [-0.3, -0.25) is 0 Å². The summed E-state index contributed by atoms with van der Waals surface area (Å²) in [4.78, 5) is 0. The zero-order valence-corrected chi connectivity index (χ0v) is 10.7. The Bertz CT molecular complexity index is 782. The topological polar surface area (TPSA) is 34.0 Å². The predicted molar refractivity (Wildman–Crippen MR) is 78.7 cm³/mol. The first-order chi connectivity index (χ1) is 9.90. The number of fused-ring (bicyclic) bond motifs is 1. The Kier molecular flexibility index (Phi) is 2.49. The molecule has 96 valence electrons. The molecule has 0 unspecified atom stereocenters. The van der Waals surface area contributed by atoms with Crippen molar-refractivity contribution in [3.8, 4) is 16.9 Å². The fourth-order valence-corrected chi connectivity index (χ4v) is 2.39. The highest BCUT2D eigenvalue weighted by molar-refractivity contribution is 5.96. The third-order valence-corrected chi connectivity index (χ3v) is 3.41. The van der Waals surface area contributed by atoms with Gasteiger partial charge in [0, 0.05) is 0 Å². The molecule has 0 fully saturated rings. The summed E-state index contributed by atoms with van der Waals surface area (Å²) in [5.41, 5.74) is 2.41. The number of hydrogen-bond donors (Lipinski definition) is 0. The average Bonchev–Trinajstić information content (AvgIpc) is 3.32. The maximum absolute atomic E-state index is 5.47. The van der Waals surface area contributed by atoms with Crippen LogP contribution in [0.3, 0.4) is 0 Å². The molecule has 3 heteroatoms. The van der Waals surface area contributed by atoms with Gasteiger partial charge >= 0.3 is 6.35 Å². The molecule has 3 aromatic rings. The number of nitrogens with zero attached hydrogens (tertiary/aromatic N) is 2. The molecule has 1 aliphatic rings. The molecule has 0 saturated heterocycles. The lowest BCUT2D eigenvalue weighted by Gasteiger charge is -2.08. The number of rotatable bonds is 3. The van der Waals surface area contributed by atoms with E-state index in [2.05, 4.69) is 64.8 Å². The summed E-state index contributed by atoms with van der Waals surface area (Å²) < 4.78 is 5.47. The lowest BCUT2D eigenvalue weighted by atomic mass is 9.98. The van der Waals surface area contributed by atoms with Crippen molar-refractivity contribution >= 4 is 10.8 Å². The van der Waals surface area contributed by atoms with Crippen molar-refractivity contribution in [1.82, 2.24) is 0 Å². The minimum atomic E-state index is -0.293. The highest BCUT2D eigenvalue weighted by Crippen LogP contribution is 2.30. The van der Waals surface area contributed by atoms with E-state index in [4.69, 9.17) is 4.74 Å². The Morgan fingerprint density at radius 2 is 1.50 bits per heavy atom. The van der Waals surface area contributed by atoms with Gasteiger partial charge in [0.15, 0.2) is 0 Å². The molecule has 0 amide bonds. The van der Waals surface area contributed by atoms with Crippen LogP contribution in [-0.4, -0.2) is 6.35 Å². The molecule has 0 saturated carbocycles. The molecule has 0 bridgehead atoms. The van der Waals surface area contributed by atoms with Gasteiger partial charge in [0.2, 0.25) is 0 Å². The van der Waals surface area contributed by atoms with Gasteiger partial charge < -0.3 is 4.74 Å². The van der Waals surface area contributed by atoms with Gasteiger partial charge in [-0.2, -0.15) is 0 Å². The molecule has 1 heterocycles. The summed E-state index contributed by atoms with van der Waals surface area (Å²) in [5.74, 6) is 0.795. The van der Waals surface area contributed by atoms with Crippen molar-refractivity contribution < 1.29 is 4.74 Å². The lowest BCUT2D eigenvalue weighted by Crippen LogP contribution is -1.96. The van der Waals surface area contributed by atoms with Crippen molar-refractivity contribution in [2.45, 2.75) is 6.35 Å². The van der Waals surface area contributed by atoms with E-state index in [-0.39, 0.29) is 6.35 Å². The van der Waals surface area contributed by atoms with Crippen LogP contribution >= 0.6 is 0 Å². The van der Waals surface area contributed by atoms with E-state index < -0.39 is 0 Å². The summed E-state index contributed by atoms with van der Waals surface area (Å²) in [6.07, 6.45) is -0.293. The van der Waals surface area contributed by atoms with E-state index in [1.165, 1.54) is 21.9 Å². The first kappa shape index (κ1) is 11.2. The van der Waals surface area contributed by atoms with Crippen LogP contribution < -0.4 is 4.74 Å². The zero-order valence-electron chi connectivity index (χ0n) is 10.7. The van der Waals surface area contributed by atoms with Crippen molar-refractivity contribution in [2.24, 2.45) is 10.2 Å². The molecule has 0 N–H and O–H groups in total. The Balaban J connectivity index is 1.74. The first-order valence-electron chi connectivity index (χ1n) is 6.55. The van der Waals surface area contributed by atoms with Gasteiger partial charge in [-0.15, -0.1) is 10.2 Å². The van der Waals surface area contributed by atoms with Crippen LogP contribution in [0, 0.1) is 0 Å². The number of benzene rings is 3. The van der Waals surface area contributed by atoms with Gasteiger partial charge in [-0.25, -0.2) is 0 Å². The second-order valence-electron chi connectivity index (χ2n) is 4.73. The van der Waals surface area contributed by atoms with E-state index in [1.54, 1.807) is 0 Å². The lowest BCUT2D eigenvalue weighted by molar-refractivity contribution is 0.286. The van der Waals surface area contributed by atoms with Crippen molar-refractivity contribution in [1.29, 1.82) is 0 Å². The minimum absolute atomic E-state index is 0.293. The molecular formula is C17H12N2O. The monoisotopic (exact) mass is 260 g/mol. The fourth-order valence-electron chi connectivity index (χ4n) is 2.39. The predicted octanol–water partition coefficient (Wildman–Crippen LogP) is 4.64. The summed E-state index contributed by atoms with van der Waals surface area (Å²) in [7, 11) is 0. The quantitative estimate of drug-likeness (QED) is 0.675. The van der Waals surface area contributed by atoms with E-state index in [0.29, 0.717) is 0 Å². The SMILES string of the molecule is c1ccc2c(-c3ccc(OC4N=N4)cc3)cccc2c1. The number of ether oxygens (including phenoxy) is 1. The van der Waals surface area contributed by atoms with Gasteiger partial charge in [-0.05, 0) is 34.0 Å². The van der Waals surface area contributed by atoms with Crippen LogP contribution in [-0.2, 0) is 0 Å². The van der Waals surface area contributed by atoms with Crippen molar-refractivity contribution in [2.75, 3.05) is 0 Å². The van der Waals surface area contributed by atoms with Gasteiger partial charge in [0.1, 0.15) is 5.75 Å². The average molecular weight is 260 g/mol. The van der Waals surface area contributed by atoms with Crippen LogP contribution in [0.4, 0.5) is 0 Å². The van der Waals surface area contributed by atoms with Crippen LogP contribution in [0.5, 0.6) is 5.75 Å². The third kappa shape index (κ3) is 2.03. The Morgan fingerprint density at radius 3 is 2.30 bits per heavy atom. The second-order valence-corrected chi connectivity index (χ2v) is 4.73. The molecule has 20 heavy (non-hydrogen) atoms. The molecule has 1 aliphatic heterocycles.